The van der Waals surface area contributed by atoms with Crippen molar-refractivity contribution in [2.75, 3.05) is 0 Å². The van der Waals surface area contributed by atoms with Crippen molar-refractivity contribution in [2.24, 2.45) is 0 Å². The van der Waals surface area contributed by atoms with Crippen LogP contribution in [0.1, 0.15) is 49.3 Å². The Morgan fingerprint density at radius 2 is 1.31 bits per heavy atom. The number of rotatable bonds is 4. The third-order valence-corrected chi connectivity index (χ3v) is 4.57. The zero-order valence-electron chi connectivity index (χ0n) is 14.1. The van der Waals surface area contributed by atoms with Crippen LogP contribution in [-0.2, 0) is 12.4 Å². The molecule has 0 radical (unpaired) electrons. The molecule has 0 fully saturated rings. The van der Waals surface area contributed by atoms with E-state index < -0.39 is 23.5 Å². The van der Waals surface area contributed by atoms with Crippen LogP contribution in [-0.4, -0.2) is 0 Å². The van der Waals surface area contributed by atoms with Crippen LogP contribution in [0.5, 0.6) is 0 Å². The van der Waals surface area contributed by atoms with Gasteiger partial charge in [0.25, 0.3) is 0 Å². The second-order valence-electron chi connectivity index (χ2n) is 6.04. The fourth-order valence-corrected chi connectivity index (χ4v) is 3.15. The van der Waals surface area contributed by atoms with Crippen molar-refractivity contribution < 1.29 is 26.3 Å². The van der Waals surface area contributed by atoms with E-state index in [4.69, 9.17) is 11.6 Å². The second kappa shape index (κ2) is 7.51. The monoisotopic (exact) mass is 394 g/mol. The third-order valence-electron chi connectivity index (χ3n) is 4.34. The highest BCUT2D eigenvalue weighted by Crippen LogP contribution is 2.41. The number of benzene rings is 2. The molecule has 0 spiro atoms. The molecule has 2 rings (SSSR count). The first-order valence-corrected chi connectivity index (χ1v) is 8.44. The van der Waals surface area contributed by atoms with Gasteiger partial charge in [-0.3, -0.25) is 0 Å². The highest BCUT2D eigenvalue weighted by Gasteiger charge is 2.37. The molecule has 0 saturated carbocycles. The summed E-state index contributed by atoms with van der Waals surface area (Å²) in [6.45, 7) is 3.83. The minimum atomic E-state index is -4.89. The van der Waals surface area contributed by atoms with Crippen LogP contribution in [0.25, 0.3) is 11.1 Å². The van der Waals surface area contributed by atoms with Crippen LogP contribution in [0.4, 0.5) is 26.3 Å². The Balaban J connectivity index is 2.77. The Labute approximate surface area is 152 Å². The molecule has 0 saturated heterocycles. The maximum Gasteiger partial charge on any atom is 0.416 e. The minimum absolute atomic E-state index is 0.00569. The zero-order chi connectivity index (χ0) is 19.7. The molecule has 142 valence electrons. The average molecular weight is 395 g/mol. The van der Waals surface area contributed by atoms with E-state index in [9.17, 15) is 26.3 Å². The Kier molecular flexibility index (Phi) is 5.95. The molecule has 0 unspecified atom stereocenters. The van der Waals surface area contributed by atoms with Crippen LogP contribution in [0.2, 0.25) is 5.02 Å². The van der Waals surface area contributed by atoms with Crippen LogP contribution in [0, 0.1) is 0 Å². The molecule has 0 N–H and O–H groups in total. The minimum Gasteiger partial charge on any atom is -0.166 e. The molecule has 0 nitrogen and oxygen atoms in total. The molecule has 2 aromatic carbocycles. The largest absolute Gasteiger partial charge is 0.416 e. The number of hydrogen-bond acceptors (Lipinski definition) is 0. The Morgan fingerprint density at radius 3 is 1.73 bits per heavy atom. The summed E-state index contributed by atoms with van der Waals surface area (Å²) >= 11 is 5.97. The number of hydrogen-bond donors (Lipinski definition) is 0. The van der Waals surface area contributed by atoms with Crippen LogP contribution < -0.4 is 0 Å². The fraction of sp³-hybridized carbons (Fsp3) is 0.368. The van der Waals surface area contributed by atoms with Gasteiger partial charge in [-0.1, -0.05) is 31.5 Å². The van der Waals surface area contributed by atoms with E-state index in [1.54, 1.807) is 12.1 Å². The van der Waals surface area contributed by atoms with Gasteiger partial charge >= 0.3 is 12.4 Å². The molecule has 7 heteroatoms. The second-order valence-corrected chi connectivity index (χ2v) is 6.48. The zero-order valence-corrected chi connectivity index (χ0v) is 14.9. The first-order chi connectivity index (χ1) is 12.0. The van der Waals surface area contributed by atoms with Crippen LogP contribution in [0.15, 0.2) is 36.4 Å². The molecule has 0 aliphatic carbocycles. The first kappa shape index (κ1) is 20.6. The van der Waals surface area contributed by atoms with Gasteiger partial charge in [0.2, 0.25) is 0 Å². The maximum atomic E-state index is 13.1. The van der Waals surface area contributed by atoms with Crippen LogP contribution in [0.3, 0.4) is 0 Å². The van der Waals surface area contributed by atoms with Gasteiger partial charge in [0.05, 0.1) is 11.1 Å². The van der Waals surface area contributed by atoms with Gasteiger partial charge in [0, 0.05) is 5.02 Å². The summed E-state index contributed by atoms with van der Waals surface area (Å²) in [6, 6.07) is 6.30. The maximum absolute atomic E-state index is 13.1. The van der Waals surface area contributed by atoms with E-state index in [0.29, 0.717) is 24.0 Å². The quantitative estimate of drug-likeness (QED) is 0.461. The molecule has 0 atom stereocenters. The molecule has 0 aliphatic rings. The fourth-order valence-electron chi connectivity index (χ4n) is 2.97. The highest BCUT2D eigenvalue weighted by atomic mass is 35.5. The van der Waals surface area contributed by atoms with Gasteiger partial charge in [-0.05, 0) is 65.8 Å². The third kappa shape index (κ3) is 4.53. The van der Waals surface area contributed by atoms with Crippen molar-refractivity contribution in [2.45, 2.75) is 45.0 Å². The van der Waals surface area contributed by atoms with Gasteiger partial charge in [0.15, 0.2) is 0 Å². The molecular formula is C19H17ClF6. The molecular weight excluding hydrogens is 378 g/mol. The van der Waals surface area contributed by atoms with Gasteiger partial charge in [0.1, 0.15) is 0 Å². The molecule has 0 aliphatic heterocycles. The van der Waals surface area contributed by atoms with Crippen molar-refractivity contribution in [3.63, 3.8) is 0 Å². The number of halogens is 7. The van der Waals surface area contributed by atoms with E-state index in [-0.39, 0.29) is 22.6 Å². The SMILES string of the molecule is CCC(CC)c1ccc(Cl)cc1-c1cc(C(F)(F)F)cc(C(F)(F)F)c1. The van der Waals surface area contributed by atoms with Gasteiger partial charge in [-0.25, -0.2) is 0 Å². The lowest BCUT2D eigenvalue weighted by Gasteiger charge is -2.20. The average Bonchev–Trinajstić information content (AvgIpc) is 2.55. The van der Waals surface area contributed by atoms with E-state index >= 15 is 0 Å². The van der Waals surface area contributed by atoms with Crippen molar-refractivity contribution in [3.05, 3.63) is 58.1 Å². The van der Waals surface area contributed by atoms with E-state index in [2.05, 4.69) is 0 Å². The lowest BCUT2D eigenvalue weighted by molar-refractivity contribution is -0.143. The van der Waals surface area contributed by atoms with E-state index in [1.807, 2.05) is 13.8 Å². The molecule has 0 amide bonds. The standard InChI is InChI=1S/C19H17ClF6/c1-3-11(4-2)16-6-5-15(20)10-17(16)12-7-13(18(21,22)23)9-14(8-12)19(24,25)26/h5-11H,3-4H2,1-2H3. The summed E-state index contributed by atoms with van der Waals surface area (Å²) < 4.78 is 78.8. The summed E-state index contributed by atoms with van der Waals surface area (Å²) in [5, 5.41) is 0.251. The molecule has 0 heterocycles. The molecule has 26 heavy (non-hydrogen) atoms. The predicted octanol–water partition coefficient (Wildman–Crippen LogP) is 7.95. The summed E-state index contributed by atoms with van der Waals surface area (Å²) in [6.07, 6.45) is -8.36. The summed E-state index contributed by atoms with van der Waals surface area (Å²) in [4.78, 5) is 0. The molecule has 0 bridgehead atoms. The summed E-state index contributed by atoms with van der Waals surface area (Å²) in [5.74, 6) is 0.00569. The molecule has 2 aromatic rings. The van der Waals surface area contributed by atoms with Crippen molar-refractivity contribution in [1.29, 1.82) is 0 Å². The van der Waals surface area contributed by atoms with E-state index in [0.717, 1.165) is 12.1 Å². The van der Waals surface area contributed by atoms with Gasteiger partial charge in [-0.2, -0.15) is 26.3 Å². The lowest BCUT2D eigenvalue weighted by Crippen LogP contribution is -2.11. The molecule has 0 aromatic heterocycles. The Hall–Kier alpha value is -1.69. The van der Waals surface area contributed by atoms with E-state index in [1.165, 1.54) is 6.07 Å². The highest BCUT2D eigenvalue weighted by molar-refractivity contribution is 6.30. The Morgan fingerprint density at radius 1 is 0.808 bits per heavy atom. The van der Waals surface area contributed by atoms with Crippen molar-refractivity contribution in [1.82, 2.24) is 0 Å². The summed E-state index contributed by atoms with van der Waals surface area (Å²) in [7, 11) is 0. The summed E-state index contributed by atoms with van der Waals surface area (Å²) in [5.41, 5.74) is -1.83. The normalized spacial score (nSPS) is 12.7. The smallest absolute Gasteiger partial charge is 0.166 e. The number of alkyl halides is 6. The van der Waals surface area contributed by atoms with Crippen molar-refractivity contribution in [3.8, 4) is 11.1 Å². The van der Waals surface area contributed by atoms with Gasteiger partial charge < -0.3 is 0 Å². The lowest BCUT2D eigenvalue weighted by atomic mass is 9.86. The van der Waals surface area contributed by atoms with Gasteiger partial charge in [-0.15, -0.1) is 0 Å². The van der Waals surface area contributed by atoms with Crippen molar-refractivity contribution >= 4 is 11.6 Å². The predicted molar refractivity (Wildman–Crippen MR) is 90.2 cm³/mol. The topological polar surface area (TPSA) is 0 Å². The first-order valence-electron chi connectivity index (χ1n) is 8.06. The Bertz CT molecular complexity index is 740. The van der Waals surface area contributed by atoms with Crippen LogP contribution >= 0.6 is 11.6 Å².